The molecule has 1 unspecified atom stereocenters. The number of carbonyl (C=O) groups excluding carboxylic acids is 1. The number of benzene rings is 1. The first-order valence-corrected chi connectivity index (χ1v) is 6.99. The molecule has 0 heterocycles. The lowest BCUT2D eigenvalue weighted by atomic mass is 10.2. The lowest BCUT2D eigenvalue weighted by Gasteiger charge is -2.17. The molecule has 0 saturated carbocycles. The Hall–Kier alpha value is -1.77. The summed E-state index contributed by atoms with van der Waals surface area (Å²) in [4.78, 5) is 9.84. The Morgan fingerprint density at radius 2 is 1.90 bits per heavy atom. The quantitative estimate of drug-likeness (QED) is 0.865. The predicted octanol–water partition coefficient (Wildman–Crippen LogP) is 1.66. The minimum Gasteiger partial charge on any atom is -0.381 e. The molecule has 0 aliphatic rings. The summed E-state index contributed by atoms with van der Waals surface area (Å²) in [5, 5.41) is 2.54. The zero-order valence-corrected chi connectivity index (χ0v) is 11.3. The summed E-state index contributed by atoms with van der Waals surface area (Å²) in [6.07, 6.45) is -0.138. The fraction of sp³-hybridized carbons (Fsp3) is 0.364. The maximum atomic E-state index is 12.6. The molecule has 1 atom stereocenters. The van der Waals surface area contributed by atoms with Crippen LogP contribution in [0.3, 0.4) is 0 Å². The average Bonchev–Trinajstić information content (AvgIpc) is 2.26. The van der Waals surface area contributed by atoms with Crippen LogP contribution in [0.4, 0.5) is 18.9 Å². The molecule has 3 N–H and O–H groups in total. The molecule has 0 spiro atoms. The smallest absolute Gasteiger partial charge is 0.381 e. The zero-order valence-electron chi connectivity index (χ0n) is 10.4. The van der Waals surface area contributed by atoms with Gasteiger partial charge in [0.2, 0.25) is 5.91 Å². The summed E-state index contributed by atoms with van der Waals surface area (Å²) in [5.74, 6) is -0.652. The van der Waals surface area contributed by atoms with Gasteiger partial charge in [0.05, 0.1) is 10.6 Å². The lowest BCUT2D eigenvalue weighted by molar-refractivity contribution is -0.118. The molecule has 0 aliphatic carbocycles. The van der Waals surface area contributed by atoms with E-state index in [2.05, 4.69) is 5.32 Å². The molecule has 9 heteroatoms. The molecular weight excluding hydrogens is 297 g/mol. The number of hydrogen-bond acceptors (Lipinski definition) is 4. The Balaban J connectivity index is 3.16. The SMILES string of the molecule is CC(CC(N)=O)Nc1ccccc1S(=O)(=O)C(F)(F)F. The largest absolute Gasteiger partial charge is 0.501 e. The fourth-order valence-corrected chi connectivity index (χ4v) is 2.49. The number of rotatable bonds is 5. The number of para-hydroxylation sites is 1. The molecule has 0 fully saturated rings. The predicted molar refractivity (Wildman–Crippen MR) is 66.6 cm³/mol. The Labute approximate surface area is 113 Å². The third kappa shape index (κ3) is 3.62. The molecule has 0 aliphatic heterocycles. The standard InChI is InChI=1S/C11H13F3N2O3S/c1-7(6-10(15)17)16-8-4-2-3-5-9(8)20(18,19)11(12,13)14/h2-5,7,16H,6H2,1H3,(H2,15,17). The molecule has 20 heavy (non-hydrogen) atoms. The monoisotopic (exact) mass is 310 g/mol. The first-order chi connectivity index (χ1) is 9.05. The van der Waals surface area contributed by atoms with E-state index in [-0.39, 0.29) is 12.1 Å². The second kappa shape index (κ2) is 5.70. The zero-order chi connectivity index (χ0) is 15.6. The van der Waals surface area contributed by atoms with Crippen molar-refractivity contribution >= 4 is 21.4 Å². The van der Waals surface area contributed by atoms with Gasteiger partial charge in [0.1, 0.15) is 0 Å². The highest BCUT2D eigenvalue weighted by Crippen LogP contribution is 2.34. The molecule has 1 aromatic rings. The number of anilines is 1. The summed E-state index contributed by atoms with van der Waals surface area (Å²) in [7, 11) is -5.46. The minimum atomic E-state index is -5.46. The van der Waals surface area contributed by atoms with Crippen molar-refractivity contribution in [3.63, 3.8) is 0 Å². The van der Waals surface area contributed by atoms with E-state index in [0.717, 1.165) is 6.07 Å². The van der Waals surface area contributed by atoms with Crippen molar-refractivity contribution < 1.29 is 26.4 Å². The summed E-state index contributed by atoms with van der Waals surface area (Å²) in [5.41, 5.74) is -0.652. The number of sulfone groups is 1. The van der Waals surface area contributed by atoms with Crippen LogP contribution in [0, 0.1) is 0 Å². The van der Waals surface area contributed by atoms with Gasteiger partial charge in [-0.3, -0.25) is 4.79 Å². The number of carbonyl (C=O) groups is 1. The molecule has 112 valence electrons. The minimum absolute atomic E-state index is 0.138. The molecule has 0 aromatic heterocycles. The van der Waals surface area contributed by atoms with Crippen molar-refractivity contribution in [3.05, 3.63) is 24.3 Å². The van der Waals surface area contributed by atoms with Crippen LogP contribution >= 0.6 is 0 Å². The maximum Gasteiger partial charge on any atom is 0.501 e. The van der Waals surface area contributed by atoms with Gasteiger partial charge in [-0.25, -0.2) is 8.42 Å². The highest BCUT2D eigenvalue weighted by atomic mass is 32.2. The number of amides is 1. The van der Waals surface area contributed by atoms with Crippen LogP contribution < -0.4 is 11.1 Å². The number of hydrogen-bond donors (Lipinski definition) is 2. The molecule has 1 amide bonds. The van der Waals surface area contributed by atoms with Crippen molar-refractivity contribution in [2.75, 3.05) is 5.32 Å². The highest BCUT2D eigenvalue weighted by Gasteiger charge is 2.47. The third-order valence-corrected chi connectivity index (χ3v) is 3.94. The second-order valence-electron chi connectivity index (χ2n) is 4.16. The Bertz CT molecular complexity index is 599. The van der Waals surface area contributed by atoms with E-state index in [1.54, 1.807) is 0 Å². The average molecular weight is 310 g/mol. The Kier molecular flexibility index (Phi) is 4.64. The van der Waals surface area contributed by atoms with Gasteiger partial charge in [-0.2, -0.15) is 13.2 Å². The number of nitrogens with one attached hydrogen (secondary N) is 1. The number of nitrogens with two attached hydrogens (primary N) is 1. The summed E-state index contributed by atoms with van der Waals surface area (Å²) in [6.45, 7) is 1.50. The van der Waals surface area contributed by atoms with Crippen molar-refractivity contribution in [3.8, 4) is 0 Å². The molecule has 0 saturated heterocycles. The lowest BCUT2D eigenvalue weighted by Crippen LogP contribution is -2.27. The van der Waals surface area contributed by atoms with Crippen LogP contribution in [-0.2, 0) is 14.6 Å². The van der Waals surface area contributed by atoms with Crippen LogP contribution in [0.1, 0.15) is 13.3 Å². The first kappa shape index (κ1) is 16.3. The normalized spacial score (nSPS) is 13.8. The van der Waals surface area contributed by atoms with Gasteiger partial charge >= 0.3 is 5.51 Å². The van der Waals surface area contributed by atoms with Crippen LogP contribution in [0.15, 0.2) is 29.2 Å². The Morgan fingerprint density at radius 1 is 1.35 bits per heavy atom. The van der Waals surface area contributed by atoms with Crippen LogP contribution in [0.25, 0.3) is 0 Å². The summed E-state index contributed by atoms with van der Waals surface area (Å²) in [6, 6.07) is 4.01. The van der Waals surface area contributed by atoms with Crippen molar-refractivity contribution in [2.45, 2.75) is 29.8 Å². The topological polar surface area (TPSA) is 89.3 Å². The van der Waals surface area contributed by atoms with Gasteiger partial charge in [0.15, 0.2) is 0 Å². The van der Waals surface area contributed by atoms with Crippen molar-refractivity contribution in [1.29, 1.82) is 0 Å². The van der Waals surface area contributed by atoms with Gasteiger partial charge in [-0.15, -0.1) is 0 Å². The molecule has 5 nitrogen and oxygen atoms in total. The van der Waals surface area contributed by atoms with Gasteiger partial charge in [-0.05, 0) is 19.1 Å². The summed E-state index contributed by atoms with van der Waals surface area (Å²) < 4.78 is 60.5. The van der Waals surface area contributed by atoms with Crippen LogP contribution in [0.5, 0.6) is 0 Å². The Morgan fingerprint density at radius 3 is 2.40 bits per heavy atom. The van der Waals surface area contributed by atoms with E-state index < -0.39 is 32.2 Å². The van der Waals surface area contributed by atoms with Gasteiger partial charge in [-0.1, -0.05) is 12.1 Å². The van der Waals surface area contributed by atoms with Gasteiger partial charge < -0.3 is 11.1 Å². The molecular formula is C11H13F3N2O3S. The van der Waals surface area contributed by atoms with E-state index in [9.17, 15) is 26.4 Å². The number of halogens is 3. The number of primary amides is 1. The molecule has 0 radical (unpaired) electrons. The third-order valence-electron chi connectivity index (χ3n) is 2.39. The first-order valence-electron chi connectivity index (χ1n) is 5.51. The maximum absolute atomic E-state index is 12.6. The van der Waals surface area contributed by atoms with Crippen LogP contribution in [0.2, 0.25) is 0 Å². The van der Waals surface area contributed by atoms with E-state index in [1.165, 1.54) is 25.1 Å². The van der Waals surface area contributed by atoms with E-state index in [1.807, 2.05) is 0 Å². The van der Waals surface area contributed by atoms with Crippen LogP contribution in [-0.4, -0.2) is 25.9 Å². The van der Waals surface area contributed by atoms with E-state index in [4.69, 9.17) is 5.73 Å². The molecule has 0 bridgehead atoms. The molecule has 1 rings (SSSR count). The van der Waals surface area contributed by atoms with Crippen molar-refractivity contribution in [2.24, 2.45) is 5.73 Å². The fourth-order valence-electron chi connectivity index (χ4n) is 1.56. The highest BCUT2D eigenvalue weighted by molar-refractivity contribution is 7.92. The van der Waals surface area contributed by atoms with Crippen molar-refractivity contribution in [1.82, 2.24) is 0 Å². The van der Waals surface area contributed by atoms with Gasteiger partial charge in [0, 0.05) is 12.5 Å². The second-order valence-corrected chi connectivity index (χ2v) is 6.07. The van der Waals surface area contributed by atoms with Gasteiger partial charge in [0.25, 0.3) is 9.84 Å². The molecule has 1 aromatic carbocycles. The summed E-state index contributed by atoms with van der Waals surface area (Å²) >= 11 is 0. The number of alkyl halides is 3. The van der Waals surface area contributed by atoms with E-state index >= 15 is 0 Å². The van der Waals surface area contributed by atoms with E-state index in [0.29, 0.717) is 0 Å².